The van der Waals surface area contributed by atoms with Gasteiger partial charge in [-0.2, -0.15) is 11.3 Å². The van der Waals surface area contributed by atoms with Crippen LogP contribution in [0.4, 0.5) is 0 Å². The molecular formula is C7H7ClOS. The quantitative estimate of drug-likeness (QED) is 0.473. The molecule has 0 unspecified atom stereocenters. The lowest BCUT2D eigenvalue weighted by Crippen LogP contribution is -1.67. The number of carbonyl (C=O) groups excluding carboxylic acids is 1. The first kappa shape index (κ1) is 9.40. The van der Waals surface area contributed by atoms with Crippen LogP contribution in [-0.4, -0.2) is 5.24 Å². The fourth-order valence-corrected chi connectivity index (χ4v) is 0.680. The Hall–Kier alpha value is -0.600. The molecular weight excluding hydrogens is 168 g/mol. The maximum Gasteiger partial charge on any atom is 0.244 e. The molecule has 3 heteroatoms. The highest BCUT2D eigenvalue weighted by atomic mass is 35.5. The van der Waals surface area contributed by atoms with Crippen LogP contribution < -0.4 is 0 Å². The summed E-state index contributed by atoms with van der Waals surface area (Å²) in [5.41, 5.74) is 0. The van der Waals surface area contributed by atoms with Crippen LogP contribution in [0, 0.1) is 0 Å². The van der Waals surface area contributed by atoms with Crippen molar-refractivity contribution >= 4 is 28.2 Å². The van der Waals surface area contributed by atoms with Crippen LogP contribution in [0.2, 0.25) is 0 Å². The number of carbonyl (C=O) groups is 1. The summed E-state index contributed by atoms with van der Waals surface area (Å²) < 4.78 is 0. The molecule has 0 aliphatic carbocycles. The van der Waals surface area contributed by atoms with Gasteiger partial charge in [0.1, 0.15) is 0 Å². The molecule has 0 aliphatic rings. The van der Waals surface area contributed by atoms with Crippen LogP contribution in [0.5, 0.6) is 0 Å². The summed E-state index contributed by atoms with van der Waals surface area (Å²) in [5.74, 6) is 0. The van der Waals surface area contributed by atoms with Gasteiger partial charge >= 0.3 is 0 Å². The highest BCUT2D eigenvalue weighted by molar-refractivity contribution is 7.07. The Kier molecular flexibility index (Phi) is 6.13. The zero-order valence-corrected chi connectivity index (χ0v) is 6.86. The molecule has 0 radical (unpaired) electrons. The summed E-state index contributed by atoms with van der Waals surface area (Å²) in [5, 5.41) is 3.57. The molecule has 0 saturated heterocycles. The Bertz CT molecular complexity index is 164. The van der Waals surface area contributed by atoms with Crippen molar-refractivity contribution in [1.82, 2.24) is 0 Å². The van der Waals surface area contributed by atoms with E-state index in [1.807, 2.05) is 22.9 Å². The van der Waals surface area contributed by atoms with Gasteiger partial charge in [-0.15, -0.1) is 0 Å². The van der Waals surface area contributed by atoms with Crippen molar-refractivity contribution in [2.45, 2.75) is 0 Å². The second-order valence-corrected chi connectivity index (χ2v) is 2.49. The molecule has 0 atom stereocenters. The standard InChI is InChI=1S/C4H4S.C3H3ClO/c1-2-4-5-3-1;1-2-3(4)5/h1-4H;2H,1H2. The molecule has 0 amide bonds. The summed E-state index contributed by atoms with van der Waals surface area (Å²) >= 11 is 6.42. The third kappa shape index (κ3) is 7.40. The third-order valence-corrected chi connectivity index (χ3v) is 1.37. The molecule has 1 rings (SSSR count). The lowest BCUT2D eigenvalue weighted by atomic mass is 10.7. The molecule has 0 bridgehead atoms. The first-order valence-electron chi connectivity index (χ1n) is 2.56. The number of rotatable bonds is 1. The topological polar surface area (TPSA) is 17.1 Å². The maximum absolute atomic E-state index is 9.46. The van der Waals surface area contributed by atoms with E-state index < -0.39 is 5.24 Å². The van der Waals surface area contributed by atoms with Gasteiger partial charge in [-0.25, -0.2) is 0 Å². The van der Waals surface area contributed by atoms with Crippen LogP contribution in [-0.2, 0) is 4.79 Å². The molecule has 0 aromatic carbocycles. The lowest BCUT2D eigenvalue weighted by Gasteiger charge is -1.59. The molecule has 0 spiro atoms. The van der Waals surface area contributed by atoms with Gasteiger partial charge in [0.2, 0.25) is 5.24 Å². The van der Waals surface area contributed by atoms with Crippen molar-refractivity contribution in [3.8, 4) is 0 Å². The number of allylic oxidation sites excluding steroid dienone is 1. The molecule has 0 aliphatic heterocycles. The molecule has 1 heterocycles. The Labute approximate surface area is 68.9 Å². The Morgan fingerprint density at radius 2 is 1.90 bits per heavy atom. The Morgan fingerprint density at radius 1 is 1.50 bits per heavy atom. The maximum atomic E-state index is 9.46. The van der Waals surface area contributed by atoms with Crippen LogP contribution in [0.3, 0.4) is 0 Å². The number of hydrogen-bond acceptors (Lipinski definition) is 2. The van der Waals surface area contributed by atoms with Crippen molar-refractivity contribution < 1.29 is 4.79 Å². The smallest absolute Gasteiger partial charge is 0.244 e. The van der Waals surface area contributed by atoms with Gasteiger partial charge in [0.25, 0.3) is 0 Å². The van der Waals surface area contributed by atoms with Crippen molar-refractivity contribution in [3.63, 3.8) is 0 Å². The van der Waals surface area contributed by atoms with Gasteiger partial charge < -0.3 is 0 Å². The van der Waals surface area contributed by atoms with E-state index in [4.69, 9.17) is 11.6 Å². The first-order chi connectivity index (χ1) is 4.77. The summed E-state index contributed by atoms with van der Waals surface area (Å²) in [6.45, 7) is 3.08. The van der Waals surface area contributed by atoms with E-state index in [1.54, 1.807) is 11.3 Å². The fourth-order valence-electron chi connectivity index (χ4n) is 0.227. The van der Waals surface area contributed by atoms with E-state index in [0.29, 0.717) is 0 Å². The largest absolute Gasteiger partial charge is 0.276 e. The molecule has 1 nitrogen and oxygen atoms in total. The van der Waals surface area contributed by atoms with E-state index >= 15 is 0 Å². The van der Waals surface area contributed by atoms with Gasteiger partial charge in [-0.3, -0.25) is 4.79 Å². The third-order valence-electron chi connectivity index (χ3n) is 0.586. The van der Waals surface area contributed by atoms with Gasteiger partial charge in [0.05, 0.1) is 0 Å². The summed E-state index contributed by atoms with van der Waals surface area (Å²) in [7, 11) is 0. The van der Waals surface area contributed by atoms with Gasteiger partial charge in [-0.05, 0) is 28.4 Å². The molecule has 10 heavy (non-hydrogen) atoms. The number of hydrogen-bond donors (Lipinski definition) is 0. The van der Waals surface area contributed by atoms with E-state index in [0.717, 1.165) is 6.08 Å². The highest BCUT2D eigenvalue weighted by Crippen LogP contribution is 1.91. The first-order valence-corrected chi connectivity index (χ1v) is 3.88. The number of thiophene rings is 1. The normalized spacial score (nSPS) is 7.30. The SMILES string of the molecule is C=CC(=O)Cl.c1ccsc1. The predicted octanol–water partition coefficient (Wildman–Crippen LogP) is 2.69. The van der Waals surface area contributed by atoms with Crippen molar-refractivity contribution in [2.75, 3.05) is 0 Å². The van der Waals surface area contributed by atoms with E-state index in [9.17, 15) is 4.79 Å². The van der Waals surface area contributed by atoms with E-state index in [-0.39, 0.29) is 0 Å². The summed E-state index contributed by atoms with van der Waals surface area (Å²) in [6, 6.07) is 4.04. The minimum Gasteiger partial charge on any atom is -0.276 e. The van der Waals surface area contributed by atoms with Crippen LogP contribution in [0.15, 0.2) is 35.5 Å². The van der Waals surface area contributed by atoms with Crippen LogP contribution >= 0.6 is 22.9 Å². The van der Waals surface area contributed by atoms with Crippen molar-refractivity contribution in [2.24, 2.45) is 0 Å². The second kappa shape index (κ2) is 6.52. The Balaban J connectivity index is 0.000000162. The monoisotopic (exact) mass is 174 g/mol. The average Bonchev–Trinajstić information content (AvgIpc) is 2.43. The van der Waals surface area contributed by atoms with Crippen LogP contribution in [0.25, 0.3) is 0 Å². The second-order valence-electron chi connectivity index (χ2n) is 1.30. The van der Waals surface area contributed by atoms with Crippen molar-refractivity contribution in [1.29, 1.82) is 0 Å². The molecule has 1 aromatic rings. The minimum atomic E-state index is -0.509. The van der Waals surface area contributed by atoms with E-state index in [2.05, 4.69) is 6.58 Å². The van der Waals surface area contributed by atoms with Gasteiger partial charge in [-0.1, -0.05) is 18.7 Å². The lowest BCUT2D eigenvalue weighted by molar-refractivity contribution is -0.107. The molecule has 0 N–H and O–H groups in total. The highest BCUT2D eigenvalue weighted by Gasteiger charge is 1.74. The zero-order valence-electron chi connectivity index (χ0n) is 5.29. The van der Waals surface area contributed by atoms with Crippen LogP contribution in [0.1, 0.15) is 0 Å². The van der Waals surface area contributed by atoms with Gasteiger partial charge in [0.15, 0.2) is 0 Å². The molecule has 1 aromatic heterocycles. The van der Waals surface area contributed by atoms with Crippen molar-refractivity contribution in [3.05, 3.63) is 35.5 Å². The summed E-state index contributed by atoms with van der Waals surface area (Å²) in [4.78, 5) is 9.46. The fraction of sp³-hybridized carbons (Fsp3) is 0. The molecule has 54 valence electrons. The van der Waals surface area contributed by atoms with Gasteiger partial charge in [0, 0.05) is 0 Å². The number of halogens is 1. The zero-order chi connectivity index (χ0) is 7.82. The predicted molar refractivity (Wildman–Crippen MR) is 45.4 cm³/mol. The summed E-state index contributed by atoms with van der Waals surface area (Å²) in [6.07, 6.45) is 1.04. The Morgan fingerprint density at radius 3 is 2.00 bits per heavy atom. The molecule has 0 saturated carbocycles. The molecule has 0 fully saturated rings. The van der Waals surface area contributed by atoms with E-state index in [1.165, 1.54) is 0 Å². The average molecular weight is 175 g/mol. The minimum absolute atomic E-state index is 0.509.